The quantitative estimate of drug-likeness (QED) is 0.625. The number of hydrogen-bond donors (Lipinski definition) is 1. The number of aliphatic hydroxyl groups excluding tert-OH is 1. The van der Waals surface area contributed by atoms with Crippen LogP contribution in [0.1, 0.15) is 26.7 Å². The van der Waals surface area contributed by atoms with E-state index in [1.54, 1.807) is 0 Å². The number of aliphatic hydroxyl groups is 1. The molecule has 0 spiro atoms. The van der Waals surface area contributed by atoms with E-state index in [1.807, 2.05) is 11.8 Å². The van der Waals surface area contributed by atoms with Crippen molar-refractivity contribution in [2.24, 2.45) is 5.92 Å². The van der Waals surface area contributed by atoms with Gasteiger partial charge in [-0.3, -0.25) is 0 Å². The van der Waals surface area contributed by atoms with E-state index < -0.39 is 0 Å². The van der Waals surface area contributed by atoms with E-state index in [4.69, 9.17) is 0 Å². The highest BCUT2D eigenvalue weighted by Crippen LogP contribution is 2.09. The van der Waals surface area contributed by atoms with Gasteiger partial charge < -0.3 is 5.11 Å². The summed E-state index contributed by atoms with van der Waals surface area (Å²) in [7, 11) is 0. The van der Waals surface area contributed by atoms with Gasteiger partial charge in [0.15, 0.2) is 0 Å². The first-order chi connectivity index (χ1) is 4.68. The topological polar surface area (TPSA) is 20.2 Å². The molecule has 1 nitrogen and oxygen atoms in total. The SMILES string of the molecule is CSCCCC(O)C(C)C. The monoisotopic (exact) mass is 162 g/mol. The Morgan fingerprint density at radius 1 is 1.40 bits per heavy atom. The van der Waals surface area contributed by atoms with Crippen LogP contribution in [0.4, 0.5) is 0 Å². The first-order valence-electron chi connectivity index (χ1n) is 3.85. The minimum atomic E-state index is -0.0906. The van der Waals surface area contributed by atoms with Crippen LogP contribution in [0.3, 0.4) is 0 Å². The maximum Gasteiger partial charge on any atom is 0.0563 e. The Morgan fingerprint density at radius 3 is 2.40 bits per heavy atom. The largest absolute Gasteiger partial charge is 0.393 e. The molecule has 1 atom stereocenters. The molecule has 0 heterocycles. The standard InChI is InChI=1S/C8H18OS/c1-7(2)8(9)5-4-6-10-3/h7-9H,4-6H2,1-3H3. The number of hydrogen-bond acceptors (Lipinski definition) is 2. The first-order valence-corrected chi connectivity index (χ1v) is 5.25. The summed E-state index contributed by atoms with van der Waals surface area (Å²) < 4.78 is 0. The fraction of sp³-hybridized carbons (Fsp3) is 1.00. The Morgan fingerprint density at radius 2 is 2.00 bits per heavy atom. The summed E-state index contributed by atoms with van der Waals surface area (Å²) in [4.78, 5) is 0. The lowest BCUT2D eigenvalue weighted by atomic mass is 10.0. The Kier molecular flexibility index (Phi) is 6.24. The molecular weight excluding hydrogens is 144 g/mol. The zero-order chi connectivity index (χ0) is 7.98. The molecule has 62 valence electrons. The van der Waals surface area contributed by atoms with Crippen LogP contribution in [0.2, 0.25) is 0 Å². The molecule has 1 N–H and O–H groups in total. The number of thioether (sulfide) groups is 1. The van der Waals surface area contributed by atoms with Crippen molar-refractivity contribution in [2.75, 3.05) is 12.0 Å². The molecule has 0 aliphatic heterocycles. The average molecular weight is 162 g/mol. The summed E-state index contributed by atoms with van der Waals surface area (Å²) in [6.45, 7) is 4.12. The van der Waals surface area contributed by atoms with Crippen LogP contribution in [0, 0.1) is 5.92 Å². The van der Waals surface area contributed by atoms with Crippen LogP contribution in [0.15, 0.2) is 0 Å². The smallest absolute Gasteiger partial charge is 0.0563 e. The number of rotatable bonds is 5. The van der Waals surface area contributed by atoms with E-state index in [1.165, 1.54) is 5.75 Å². The molecule has 0 bridgehead atoms. The van der Waals surface area contributed by atoms with E-state index >= 15 is 0 Å². The maximum absolute atomic E-state index is 9.34. The molecule has 0 fully saturated rings. The third kappa shape index (κ3) is 5.12. The van der Waals surface area contributed by atoms with Crippen LogP contribution in [0.25, 0.3) is 0 Å². The highest BCUT2D eigenvalue weighted by atomic mass is 32.2. The third-order valence-corrected chi connectivity index (χ3v) is 2.31. The molecule has 0 saturated heterocycles. The average Bonchev–Trinajstić information content (AvgIpc) is 1.88. The van der Waals surface area contributed by atoms with Gasteiger partial charge in [-0.1, -0.05) is 13.8 Å². The second kappa shape index (κ2) is 6.05. The molecular formula is C8H18OS. The van der Waals surface area contributed by atoms with E-state index in [2.05, 4.69) is 20.1 Å². The summed E-state index contributed by atoms with van der Waals surface area (Å²) >= 11 is 1.84. The van der Waals surface area contributed by atoms with E-state index in [0.717, 1.165) is 12.8 Å². The molecule has 0 radical (unpaired) electrons. The van der Waals surface area contributed by atoms with Gasteiger partial charge in [0, 0.05) is 0 Å². The molecule has 2 heteroatoms. The van der Waals surface area contributed by atoms with Gasteiger partial charge in [-0.25, -0.2) is 0 Å². The third-order valence-electron chi connectivity index (χ3n) is 1.62. The van der Waals surface area contributed by atoms with Crippen molar-refractivity contribution in [3.05, 3.63) is 0 Å². The molecule has 0 aliphatic rings. The highest BCUT2D eigenvalue weighted by molar-refractivity contribution is 7.98. The van der Waals surface area contributed by atoms with Crippen LogP contribution in [-0.4, -0.2) is 23.2 Å². The zero-order valence-electron chi connectivity index (χ0n) is 7.13. The minimum absolute atomic E-state index is 0.0906. The second-order valence-corrected chi connectivity index (χ2v) is 3.93. The maximum atomic E-state index is 9.34. The minimum Gasteiger partial charge on any atom is -0.393 e. The normalized spacial score (nSPS) is 14.1. The van der Waals surface area contributed by atoms with Crippen molar-refractivity contribution in [3.63, 3.8) is 0 Å². The van der Waals surface area contributed by atoms with Gasteiger partial charge in [-0.15, -0.1) is 0 Å². The van der Waals surface area contributed by atoms with Crippen LogP contribution < -0.4 is 0 Å². The zero-order valence-corrected chi connectivity index (χ0v) is 7.95. The van der Waals surface area contributed by atoms with Gasteiger partial charge in [0.05, 0.1) is 6.10 Å². The van der Waals surface area contributed by atoms with Crippen molar-refractivity contribution >= 4 is 11.8 Å². The van der Waals surface area contributed by atoms with Gasteiger partial charge in [-0.2, -0.15) is 11.8 Å². The van der Waals surface area contributed by atoms with Crippen molar-refractivity contribution in [3.8, 4) is 0 Å². The Balaban J connectivity index is 3.13. The predicted octanol–water partition coefficient (Wildman–Crippen LogP) is 2.15. The first kappa shape index (κ1) is 10.3. The predicted molar refractivity (Wildman–Crippen MR) is 48.5 cm³/mol. The lowest BCUT2D eigenvalue weighted by Gasteiger charge is -2.12. The lowest BCUT2D eigenvalue weighted by molar-refractivity contribution is 0.116. The molecule has 10 heavy (non-hydrogen) atoms. The molecule has 0 aliphatic carbocycles. The van der Waals surface area contributed by atoms with Gasteiger partial charge in [0.25, 0.3) is 0 Å². The molecule has 0 amide bonds. The Labute approximate surface area is 68.2 Å². The summed E-state index contributed by atoms with van der Waals surface area (Å²) in [6, 6.07) is 0. The fourth-order valence-electron chi connectivity index (χ4n) is 0.770. The highest BCUT2D eigenvalue weighted by Gasteiger charge is 2.07. The van der Waals surface area contributed by atoms with Crippen molar-refractivity contribution in [1.29, 1.82) is 0 Å². The molecule has 0 aromatic rings. The molecule has 0 rings (SSSR count). The van der Waals surface area contributed by atoms with Crippen molar-refractivity contribution in [2.45, 2.75) is 32.8 Å². The van der Waals surface area contributed by atoms with E-state index in [0.29, 0.717) is 5.92 Å². The van der Waals surface area contributed by atoms with Crippen LogP contribution in [0.5, 0.6) is 0 Å². The fourth-order valence-corrected chi connectivity index (χ4v) is 1.23. The summed E-state index contributed by atoms with van der Waals surface area (Å²) in [5.41, 5.74) is 0. The van der Waals surface area contributed by atoms with Crippen molar-refractivity contribution in [1.82, 2.24) is 0 Å². The molecule has 0 aromatic carbocycles. The van der Waals surface area contributed by atoms with Crippen LogP contribution >= 0.6 is 11.8 Å². The summed E-state index contributed by atoms with van der Waals surface area (Å²) in [5.74, 6) is 1.59. The van der Waals surface area contributed by atoms with Gasteiger partial charge >= 0.3 is 0 Å². The summed E-state index contributed by atoms with van der Waals surface area (Å²) in [5, 5.41) is 9.34. The second-order valence-electron chi connectivity index (χ2n) is 2.95. The van der Waals surface area contributed by atoms with Gasteiger partial charge in [0.1, 0.15) is 0 Å². The molecule has 1 unspecified atom stereocenters. The van der Waals surface area contributed by atoms with Gasteiger partial charge in [0.2, 0.25) is 0 Å². The lowest BCUT2D eigenvalue weighted by Crippen LogP contribution is -2.14. The van der Waals surface area contributed by atoms with E-state index in [9.17, 15) is 5.11 Å². The van der Waals surface area contributed by atoms with Crippen molar-refractivity contribution < 1.29 is 5.11 Å². The van der Waals surface area contributed by atoms with Crippen LogP contribution in [-0.2, 0) is 0 Å². The Hall–Kier alpha value is 0.310. The van der Waals surface area contributed by atoms with Gasteiger partial charge in [-0.05, 0) is 30.8 Å². The summed E-state index contributed by atoms with van der Waals surface area (Å²) in [6.07, 6.45) is 4.10. The molecule has 0 aromatic heterocycles. The Bertz CT molecular complexity index is 73.7. The molecule has 0 saturated carbocycles. The van der Waals surface area contributed by atoms with E-state index in [-0.39, 0.29) is 6.10 Å².